The van der Waals surface area contributed by atoms with Crippen LogP contribution in [0.4, 0.5) is 5.69 Å². The number of hydrogen-bond donors (Lipinski definition) is 3. The smallest absolute Gasteiger partial charge is 0.253 e. The van der Waals surface area contributed by atoms with E-state index in [4.69, 9.17) is 15.2 Å². The van der Waals surface area contributed by atoms with E-state index in [1.807, 2.05) is 0 Å². The Labute approximate surface area is 110 Å². The summed E-state index contributed by atoms with van der Waals surface area (Å²) < 4.78 is 10.4. The third kappa shape index (κ3) is 2.19. The van der Waals surface area contributed by atoms with E-state index in [-0.39, 0.29) is 19.2 Å². The minimum absolute atomic E-state index is 0.138. The molecule has 2 aliphatic rings. The molecule has 0 saturated heterocycles. The Kier molecular flexibility index (Phi) is 2.74. The molecule has 0 atom stereocenters. The first kappa shape index (κ1) is 12.1. The lowest BCUT2D eigenvalue weighted by atomic mass is 9.80. The highest BCUT2D eigenvalue weighted by Gasteiger charge is 2.34. The third-order valence-corrected chi connectivity index (χ3v) is 3.65. The number of fused-ring (bicyclic) bond motifs is 1. The van der Waals surface area contributed by atoms with Crippen LogP contribution in [0, 0.1) is 0 Å². The Balaban J connectivity index is 1.72. The lowest BCUT2D eigenvalue weighted by Gasteiger charge is -2.36. The van der Waals surface area contributed by atoms with Crippen LogP contribution in [0.25, 0.3) is 0 Å². The van der Waals surface area contributed by atoms with Crippen LogP contribution in [0.3, 0.4) is 0 Å². The normalized spacial score (nSPS) is 18.8. The first-order valence-corrected chi connectivity index (χ1v) is 6.27. The first-order chi connectivity index (χ1) is 9.07. The molecule has 0 spiro atoms. The molecule has 1 heterocycles. The van der Waals surface area contributed by atoms with Gasteiger partial charge in [0.1, 0.15) is 0 Å². The fraction of sp³-hybridized carbons (Fsp3) is 0.462. The summed E-state index contributed by atoms with van der Waals surface area (Å²) in [5.41, 5.74) is 5.75. The van der Waals surface area contributed by atoms with E-state index in [2.05, 4.69) is 5.32 Å². The van der Waals surface area contributed by atoms with Crippen molar-refractivity contribution in [3.05, 3.63) is 17.7 Å². The molecule has 1 aromatic rings. The molecule has 1 aliphatic heterocycles. The van der Waals surface area contributed by atoms with Gasteiger partial charge in [-0.15, -0.1) is 0 Å². The van der Waals surface area contributed by atoms with Crippen LogP contribution in [0.1, 0.15) is 29.6 Å². The number of ether oxygens (including phenoxy) is 2. The first-order valence-electron chi connectivity index (χ1n) is 6.27. The van der Waals surface area contributed by atoms with E-state index in [9.17, 15) is 9.90 Å². The summed E-state index contributed by atoms with van der Waals surface area (Å²) >= 11 is 0. The van der Waals surface area contributed by atoms with Gasteiger partial charge < -0.3 is 25.6 Å². The van der Waals surface area contributed by atoms with Gasteiger partial charge in [0, 0.05) is 18.3 Å². The molecule has 6 heteroatoms. The predicted octanol–water partition coefficient (Wildman–Crippen LogP) is 0.642. The predicted molar refractivity (Wildman–Crippen MR) is 68.1 cm³/mol. The van der Waals surface area contributed by atoms with Crippen molar-refractivity contribution in [2.45, 2.75) is 24.9 Å². The van der Waals surface area contributed by atoms with Gasteiger partial charge in [-0.2, -0.15) is 0 Å². The van der Waals surface area contributed by atoms with E-state index < -0.39 is 5.60 Å². The highest BCUT2D eigenvalue weighted by atomic mass is 16.7. The maximum absolute atomic E-state index is 12.1. The zero-order chi connectivity index (χ0) is 13.5. The zero-order valence-corrected chi connectivity index (χ0v) is 10.4. The topological polar surface area (TPSA) is 93.8 Å². The quantitative estimate of drug-likeness (QED) is 0.697. The van der Waals surface area contributed by atoms with E-state index >= 15 is 0 Å². The zero-order valence-electron chi connectivity index (χ0n) is 10.4. The van der Waals surface area contributed by atoms with Crippen LogP contribution >= 0.6 is 0 Å². The molecule has 0 aromatic heterocycles. The van der Waals surface area contributed by atoms with Gasteiger partial charge in [-0.25, -0.2) is 0 Å². The summed E-state index contributed by atoms with van der Waals surface area (Å²) in [7, 11) is 0. The molecule has 4 N–H and O–H groups in total. The van der Waals surface area contributed by atoms with Crippen molar-refractivity contribution in [3.8, 4) is 11.5 Å². The Bertz CT molecular complexity index is 526. The highest BCUT2D eigenvalue weighted by molar-refractivity contribution is 6.00. The molecule has 1 amide bonds. The maximum Gasteiger partial charge on any atom is 0.253 e. The third-order valence-electron chi connectivity index (χ3n) is 3.65. The van der Waals surface area contributed by atoms with Crippen LogP contribution in [0.5, 0.6) is 11.5 Å². The van der Waals surface area contributed by atoms with Gasteiger partial charge >= 0.3 is 0 Å². The Morgan fingerprint density at radius 3 is 2.68 bits per heavy atom. The number of nitrogens with one attached hydrogen (secondary N) is 1. The average Bonchev–Trinajstić information content (AvgIpc) is 2.79. The Morgan fingerprint density at radius 1 is 1.37 bits per heavy atom. The number of hydrogen-bond acceptors (Lipinski definition) is 5. The maximum atomic E-state index is 12.1. The van der Waals surface area contributed by atoms with Crippen LogP contribution < -0.4 is 20.5 Å². The van der Waals surface area contributed by atoms with Crippen molar-refractivity contribution >= 4 is 11.6 Å². The van der Waals surface area contributed by atoms with Crippen molar-refractivity contribution in [1.29, 1.82) is 0 Å². The van der Waals surface area contributed by atoms with Crippen LogP contribution in [-0.4, -0.2) is 30.0 Å². The summed E-state index contributed by atoms with van der Waals surface area (Å²) in [6.45, 7) is 0.388. The van der Waals surface area contributed by atoms with Crippen molar-refractivity contribution in [3.63, 3.8) is 0 Å². The van der Waals surface area contributed by atoms with Crippen molar-refractivity contribution < 1.29 is 19.4 Å². The standard InChI is InChI=1S/C13H16N2O4/c14-9-5-11-10(18-7-19-11)4-8(9)12(16)15-6-13(17)2-1-3-13/h4-5,17H,1-3,6-7,14H2,(H,15,16). The average molecular weight is 264 g/mol. The SMILES string of the molecule is Nc1cc2c(cc1C(=O)NCC1(O)CCC1)OCO2. The summed E-state index contributed by atoms with van der Waals surface area (Å²) in [6, 6.07) is 3.15. The molecule has 0 unspecified atom stereocenters. The molecular formula is C13H16N2O4. The van der Waals surface area contributed by atoms with Gasteiger partial charge in [0.2, 0.25) is 6.79 Å². The van der Waals surface area contributed by atoms with Crippen molar-refractivity contribution in [2.24, 2.45) is 0 Å². The van der Waals surface area contributed by atoms with Crippen molar-refractivity contribution in [2.75, 3.05) is 19.1 Å². The van der Waals surface area contributed by atoms with Crippen LogP contribution in [0.2, 0.25) is 0 Å². The molecule has 0 bridgehead atoms. The number of amides is 1. The number of nitrogens with two attached hydrogens (primary N) is 1. The molecular weight excluding hydrogens is 248 g/mol. The van der Waals surface area contributed by atoms with Crippen molar-refractivity contribution in [1.82, 2.24) is 5.32 Å². The van der Waals surface area contributed by atoms with E-state index in [1.54, 1.807) is 12.1 Å². The lowest BCUT2D eigenvalue weighted by molar-refractivity contribution is -0.0300. The van der Waals surface area contributed by atoms with Gasteiger partial charge in [-0.05, 0) is 25.3 Å². The lowest BCUT2D eigenvalue weighted by Crippen LogP contribution is -2.47. The van der Waals surface area contributed by atoms with Gasteiger partial charge in [-0.3, -0.25) is 4.79 Å². The number of anilines is 1. The summed E-state index contributed by atoms with van der Waals surface area (Å²) in [5.74, 6) is 0.754. The number of carbonyl (C=O) groups excluding carboxylic acids is 1. The van der Waals surface area contributed by atoms with E-state index in [0.29, 0.717) is 22.7 Å². The van der Waals surface area contributed by atoms with Gasteiger partial charge in [-0.1, -0.05) is 0 Å². The fourth-order valence-corrected chi connectivity index (χ4v) is 2.26. The number of rotatable bonds is 3. The largest absolute Gasteiger partial charge is 0.454 e. The highest BCUT2D eigenvalue weighted by Crippen LogP contribution is 2.36. The van der Waals surface area contributed by atoms with Crippen LogP contribution in [0.15, 0.2) is 12.1 Å². The van der Waals surface area contributed by atoms with Gasteiger partial charge in [0.05, 0.1) is 11.2 Å². The molecule has 1 saturated carbocycles. The van der Waals surface area contributed by atoms with E-state index in [1.165, 1.54) is 0 Å². The Morgan fingerprint density at radius 2 is 2.05 bits per heavy atom. The van der Waals surface area contributed by atoms with Gasteiger partial charge in [0.15, 0.2) is 11.5 Å². The number of aliphatic hydroxyl groups is 1. The Hall–Kier alpha value is -1.95. The van der Waals surface area contributed by atoms with E-state index in [0.717, 1.165) is 19.3 Å². The molecule has 102 valence electrons. The minimum Gasteiger partial charge on any atom is -0.454 e. The summed E-state index contributed by atoms with van der Waals surface area (Å²) in [4.78, 5) is 12.1. The summed E-state index contributed by atoms with van der Waals surface area (Å²) in [5, 5.41) is 12.6. The second-order valence-electron chi connectivity index (χ2n) is 5.05. The second kappa shape index (κ2) is 4.31. The van der Waals surface area contributed by atoms with Gasteiger partial charge in [0.25, 0.3) is 5.91 Å². The minimum atomic E-state index is -0.749. The fourth-order valence-electron chi connectivity index (χ4n) is 2.26. The summed E-state index contributed by atoms with van der Waals surface area (Å²) in [6.07, 6.45) is 2.45. The molecule has 1 aromatic carbocycles. The molecule has 1 aliphatic carbocycles. The number of benzene rings is 1. The molecule has 0 radical (unpaired) electrons. The number of nitrogen functional groups attached to an aromatic ring is 1. The number of carbonyl (C=O) groups is 1. The molecule has 6 nitrogen and oxygen atoms in total. The molecule has 1 fully saturated rings. The molecule has 3 rings (SSSR count). The van der Waals surface area contributed by atoms with Crippen LogP contribution in [-0.2, 0) is 0 Å². The molecule has 19 heavy (non-hydrogen) atoms. The second-order valence-corrected chi connectivity index (χ2v) is 5.05. The monoisotopic (exact) mass is 264 g/mol.